The number of rotatable bonds is 4. The van der Waals surface area contributed by atoms with E-state index in [1.807, 2.05) is 29.3 Å². The smallest absolute Gasteiger partial charge is 0.408 e. The summed E-state index contributed by atoms with van der Waals surface area (Å²) in [5, 5.41) is 11.5. The molecule has 0 bridgehead atoms. The third kappa shape index (κ3) is 3.20. The molecule has 1 aromatic carbocycles. The molecule has 0 N–H and O–H groups in total. The maximum atomic E-state index is 4.33. The predicted molar refractivity (Wildman–Crippen MR) is 82.4 cm³/mol. The van der Waals surface area contributed by atoms with Crippen LogP contribution in [0.4, 0.5) is 16.5 Å². The molecular weight excluding hydrogens is 255 g/mol. The molecule has 0 amide bonds. The van der Waals surface area contributed by atoms with Crippen molar-refractivity contribution in [1.82, 2.24) is 0 Å². The van der Waals surface area contributed by atoms with Gasteiger partial charge in [-0.15, -0.1) is 0 Å². The van der Waals surface area contributed by atoms with Crippen LogP contribution in [0, 0.1) is 6.92 Å². The van der Waals surface area contributed by atoms with Crippen molar-refractivity contribution in [3.63, 3.8) is 0 Å². The molecule has 1 heterocycles. The Morgan fingerprint density at radius 1 is 1.37 bits per heavy atom. The number of anilines is 1. The van der Waals surface area contributed by atoms with Gasteiger partial charge in [0.25, 0.3) is 0 Å². The quantitative estimate of drug-likeness (QED) is 0.479. The van der Waals surface area contributed by atoms with Crippen LogP contribution in [0.5, 0.6) is 0 Å². The second-order valence-electron chi connectivity index (χ2n) is 4.48. The lowest BCUT2D eigenvalue weighted by atomic mass is 10.1. The maximum absolute atomic E-state index is 4.33. The summed E-state index contributed by atoms with van der Waals surface area (Å²) in [4.78, 5) is 2.20. The first kappa shape index (κ1) is 13.7. The first-order chi connectivity index (χ1) is 9.11. The molecule has 2 aromatic rings. The molecule has 19 heavy (non-hydrogen) atoms. The summed E-state index contributed by atoms with van der Waals surface area (Å²) in [7, 11) is 4.05. The molecule has 0 aliphatic carbocycles. The zero-order chi connectivity index (χ0) is 13.8. The van der Waals surface area contributed by atoms with E-state index in [4.69, 9.17) is 0 Å². The summed E-state index contributed by atoms with van der Waals surface area (Å²) in [6.07, 6.45) is 1.98. The van der Waals surface area contributed by atoms with Gasteiger partial charge in [-0.1, -0.05) is 0 Å². The standard InChI is InChI=1S/C13H18BN4S/c1-4-18(14)11-5-6-12(10(2)9-11)15-16-13-17(3)7-8-19-13/h5-9H,4,14H2,1-3H3/q+1. The van der Waals surface area contributed by atoms with E-state index in [-0.39, 0.29) is 0 Å². The topological polar surface area (TPSA) is 31.8 Å². The van der Waals surface area contributed by atoms with Crippen molar-refractivity contribution in [2.24, 2.45) is 17.3 Å². The molecule has 1 aromatic heterocycles. The van der Waals surface area contributed by atoms with Crippen molar-refractivity contribution in [1.29, 1.82) is 0 Å². The lowest BCUT2D eigenvalue weighted by Gasteiger charge is -2.17. The van der Waals surface area contributed by atoms with Gasteiger partial charge >= 0.3 is 5.13 Å². The van der Waals surface area contributed by atoms with Gasteiger partial charge in [-0.2, -0.15) is 0 Å². The number of benzene rings is 1. The van der Waals surface area contributed by atoms with E-state index < -0.39 is 0 Å². The number of aromatic nitrogens is 1. The van der Waals surface area contributed by atoms with Crippen LogP contribution in [-0.4, -0.2) is 14.5 Å². The van der Waals surface area contributed by atoms with E-state index in [9.17, 15) is 0 Å². The molecule has 0 unspecified atom stereocenters. The highest BCUT2D eigenvalue weighted by atomic mass is 32.1. The SMILES string of the molecule is BN(CC)c1ccc(/N=N/c2scc[n+]2C)c(C)c1. The Kier molecular flexibility index (Phi) is 4.32. The Hall–Kier alpha value is -1.69. The van der Waals surface area contributed by atoms with Crippen molar-refractivity contribution in [3.8, 4) is 0 Å². The van der Waals surface area contributed by atoms with Crippen molar-refractivity contribution in [2.45, 2.75) is 13.8 Å². The van der Waals surface area contributed by atoms with Gasteiger partial charge in [0.1, 0.15) is 11.9 Å². The average molecular weight is 273 g/mol. The zero-order valence-electron chi connectivity index (χ0n) is 11.8. The summed E-state index contributed by atoms with van der Waals surface area (Å²) in [5.41, 5.74) is 3.27. The summed E-state index contributed by atoms with van der Waals surface area (Å²) in [5.74, 6) is 0. The van der Waals surface area contributed by atoms with Crippen LogP contribution in [0.15, 0.2) is 40.0 Å². The molecule has 6 heteroatoms. The van der Waals surface area contributed by atoms with Gasteiger partial charge in [-0.05, 0) is 54.1 Å². The molecule has 0 spiro atoms. The lowest BCUT2D eigenvalue weighted by molar-refractivity contribution is -0.654. The largest absolute Gasteiger partial charge is 0.422 e. The number of azo groups is 1. The average Bonchev–Trinajstić information content (AvgIpc) is 2.82. The summed E-state index contributed by atoms with van der Waals surface area (Å²) >= 11 is 1.58. The van der Waals surface area contributed by atoms with Crippen LogP contribution >= 0.6 is 11.3 Å². The molecule has 4 nitrogen and oxygen atoms in total. The second kappa shape index (κ2) is 5.97. The molecule has 0 saturated carbocycles. The fourth-order valence-electron chi connectivity index (χ4n) is 1.69. The Bertz CT molecular complexity index is 594. The van der Waals surface area contributed by atoms with Gasteiger partial charge in [0, 0.05) is 17.6 Å². The van der Waals surface area contributed by atoms with E-state index >= 15 is 0 Å². The highest BCUT2D eigenvalue weighted by Gasteiger charge is 2.08. The molecule has 0 aliphatic rings. The minimum absolute atomic E-state index is 0.897. The van der Waals surface area contributed by atoms with Gasteiger partial charge in [-0.3, -0.25) is 0 Å². The van der Waals surface area contributed by atoms with Crippen LogP contribution < -0.4 is 9.38 Å². The van der Waals surface area contributed by atoms with Crippen LogP contribution in [0.3, 0.4) is 0 Å². The molecular formula is C13H18BN4S+. The molecule has 0 fully saturated rings. The summed E-state index contributed by atoms with van der Waals surface area (Å²) < 4.78 is 1.96. The van der Waals surface area contributed by atoms with Gasteiger partial charge in [0.05, 0.1) is 12.2 Å². The van der Waals surface area contributed by atoms with E-state index in [1.54, 1.807) is 11.3 Å². The second-order valence-corrected chi connectivity index (χ2v) is 5.35. The number of hydrogen-bond acceptors (Lipinski definition) is 4. The van der Waals surface area contributed by atoms with Gasteiger partial charge in [-0.25, -0.2) is 4.57 Å². The lowest BCUT2D eigenvalue weighted by Crippen LogP contribution is -2.23. The summed E-state index contributed by atoms with van der Waals surface area (Å²) in [6, 6.07) is 6.25. The van der Waals surface area contributed by atoms with Crippen LogP contribution in [-0.2, 0) is 7.05 Å². The number of hydrogen-bond donors (Lipinski definition) is 0. The van der Waals surface area contributed by atoms with E-state index in [0.717, 1.165) is 22.9 Å². The van der Waals surface area contributed by atoms with Gasteiger partial charge in [0.15, 0.2) is 0 Å². The van der Waals surface area contributed by atoms with Crippen molar-refractivity contribution in [3.05, 3.63) is 35.3 Å². The highest BCUT2D eigenvalue weighted by molar-refractivity contribution is 7.12. The normalized spacial score (nSPS) is 11.1. The molecule has 0 aliphatic heterocycles. The Morgan fingerprint density at radius 2 is 2.16 bits per heavy atom. The molecule has 98 valence electrons. The monoisotopic (exact) mass is 273 g/mol. The fourth-order valence-corrected chi connectivity index (χ4v) is 2.37. The minimum atomic E-state index is 0.897. The predicted octanol–water partition coefficient (Wildman–Crippen LogP) is 2.67. The van der Waals surface area contributed by atoms with Crippen molar-refractivity contribution >= 4 is 35.8 Å². The maximum Gasteiger partial charge on any atom is 0.408 e. The van der Waals surface area contributed by atoms with Gasteiger partial charge < -0.3 is 4.81 Å². The van der Waals surface area contributed by atoms with E-state index in [0.29, 0.717) is 0 Å². The molecule has 0 saturated heterocycles. The third-order valence-electron chi connectivity index (χ3n) is 3.10. The number of aryl methyl sites for hydroxylation is 2. The van der Waals surface area contributed by atoms with E-state index in [2.05, 4.69) is 49.0 Å². The van der Waals surface area contributed by atoms with Crippen molar-refractivity contribution < 1.29 is 4.57 Å². The fraction of sp³-hybridized carbons (Fsp3) is 0.308. The Balaban J connectivity index is 2.22. The highest BCUT2D eigenvalue weighted by Crippen LogP contribution is 2.26. The minimum Gasteiger partial charge on any atom is -0.422 e. The molecule has 0 radical (unpaired) electrons. The first-order valence-electron chi connectivity index (χ1n) is 6.28. The first-order valence-corrected chi connectivity index (χ1v) is 7.16. The third-order valence-corrected chi connectivity index (χ3v) is 3.94. The van der Waals surface area contributed by atoms with Crippen LogP contribution in [0.1, 0.15) is 12.5 Å². The Labute approximate surface area is 118 Å². The Morgan fingerprint density at radius 3 is 2.74 bits per heavy atom. The summed E-state index contributed by atoms with van der Waals surface area (Å²) in [6.45, 7) is 5.20. The number of nitrogens with zero attached hydrogens (tertiary/aromatic N) is 4. The zero-order valence-corrected chi connectivity index (χ0v) is 12.6. The number of thiazole rings is 1. The van der Waals surface area contributed by atoms with Crippen molar-refractivity contribution in [2.75, 3.05) is 11.4 Å². The van der Waals surface area contributed by atoms with Crippen LogP contribution in [0.2, 0.25) is 0 Å². The molecule has 0 atom stereocenters. The molecule has 2 rings (SSSR count). The van der Waals surface area contributed by atoms with E-state index in [1.165, 1.54) is 5.69 Å². The van der Waals surface area contributed by atoms with Crippen LogP contribution in [0.25, 0.3) is 0 Å². The van der Waals surface area contributed by atoms with Gasteiger partial charge in [0.2, 0.25) is 7.98 Å².